The molecule has 1 atom stereocenters. The summed E-state index contributed by atoms with van der Waals surface area (Å²) in [6, 6.07) is 8.50. The Morgan fingerprint density at radius 3 is 2.50 bits per heavy atom. The first-order valence-corrected chi connectivity index (χ1v) is 11.8. The molecular weight excluding hydrogens is 450 g/mol. The van der Waals surface area contributed by atoms with Crippen molar-refractivity contribution in [1.29, 1.82) is 5.26 Å². The molecule has 176 valence electrons. The molecule has 1 saturated heterocycles. The minimum absolute atomic E-state index is 0.286. The summed E-state index contributed by atoms with van der Waals surface area (Å²) in [7, 11) is 2.06. The molecular formula is C24H27N7O2S. The number of amides is 2. The van der Waals surface area contributed by atoms with Gasteiger partial charge in [-0.25, -0.2) is 9.83 Å². The Hall–Kier alpha value is -3.60. The number of hydrogen-bond acceptors (Lipinski definition) is 7. The monoisotopic (exact) mass is 477 g/mol. The van der Waals surface area contributed by atoms with Crippen LogP contribution in [-0.4, -0.2) is 54.9 Å². The number of primary amides is 2. The third-order valence-corrected chi connectivity index (χ3v) is 7.06. The summed E-state index contributed by atoms with van der Waals surface area (Å²) in [5, 5.41) is 9.48. The fraction of sp³-hybridized carbons (Fsp3) is 0.375. The first-order chi connectivity index (χ1) is 16.3. The van der Waals surface area contributed by atoms with Crippen LogP contribution in [0.3, 0.4) is 0 Å². The normalized spacial score (nSPS) is 15.1. The van der Waals surface area contributed by atoms with E-state index in [0.717, 1.165) is 37.8 Å². The molecule has 2 aromatic rings. The minimum Gasteiger partial charge on any atom is -0.368 e. The van der Waals surface area contributed by atoms with E-state index in [1.807, 2.05) is 6.92 Å². The van der Waals surface area contributed by atoms with Crippen LogP contribution >= 0.6 is 11.8 Å². The summed E-state index contributed by atoms with van der Waals surface area (Å²) in [6.07, 6.45) is 1.40. The van der Waals surface area contributed by atoms with Crippen molar-refractivity contribution < 1.29 is 9.59 Å². The highest BCUT2D eigenvalue weighted by Crippen LogP contribution is 2.42. The predicted octanol–water partition coefficient (Wildman–Crippen LogP) is 2.63. The Bertz CT molecular complexity index is 1170. The lowest BCUT2D eigenvalue weighted by molar-refractivity contribution is -0.117. The number of anilines is 1. The molecule has 10 heteroatoms. The number of nitrogens with two attached hydrogens (primary N) is 2. The lowest BCUT2D eigenvalue weighted by Gasteiger charge is -2.26. The second kappa shape index (κ2) is 11.0. The van der Waals surface area contributed by atoms with E-state index in [1.165, 1.54) is 12.1 Å². The molecule has 4 N–H and O–H groups in total. The van der Waals surface area contributed by atoms with E-state index >= 15 is 0 Å². The standard InChI is InChI=1S/C24H27N7O2S/c1-4-17-18(14-25)24(29-23(19(17)28-2)31-11-5-10-30(3)12-13-31)34-20(22(27)33)15-6-8-16(9-7-15)21(26)32/h6-9,20H,4-5,10-13H2,1,3H3,(H2,26,32)(H2,27,33). The molecule has 9 nitrogen and oxygen atoms in total. The van der Waals surface area contributed by atoms with Crippen molar-refractivity contribution >= 4 is 35.1 Å². The fourth-order valence-corrected chi connectivity index (χ4v) is 5.01. The second-order valence-corrected chi connectivity index (χ2v) is 9.14. The number of carbonyl (C=O) groups excluding carboxylic acids is 2. The van der Waals surface area contributed by atoms with Crippen molar-refractivity contribution in [3.05, 3.63) is 57.9 Å². The van der Waals surface area contributed by atoms with Crippen LogP contribution in [0.4, 0.5) is 11.5 Å². The van der Waals surface area contributed by atoms with Crippen LogP contribution in [0.15, 0.2) is 29.3 Å². The molecule has 1 aliphatic heterocycles. The van der Waals surface area contributed by atoms with Crippen LogP contribution in [0.2, 0.25) is 0 Å². The molecule has 0 spiro atoms. The largest absolute Gasteiger partial charge is 0.368 e. The van der Waals surface area contributed by atoms with Gasteiger partial charge in [0.25, 0.3) is 0 Å². The van der Waals surface area contributed by atoms with Gasteiger partial charge >= 0.3 is 0 Å². The number of thioether (sulfide) groups is 1. The van der Waals surface area contributed by atoms with Crippen LogP contribution in [-0.2, 0) is 11.2 Å². The molecule has 1 unspecified atom stereocenters. The smallest absolute Gasteiger partial charge is 0.248 e. The molecule has 0 aliphatic carbocycles. The molecule has 1 aromatic carbocycles. The van der Waals surface area contributed by atoms with Gasteiger partial charge in [0.15, 0.2) is 0 Å². The highest BCUT2D eigenvalue weighted by molar-refractivity contribution is 8.00. The maximum absolute atomic E-state index is 12.4. The van der Waals surface area contributed by atoms with Crippen LogP contribution in [0.1, 0.15) is 45.6 Å². The summed E-state index contributed by atoms with van der Waals surface area (Å²) in [5.74, 6) is -0.637. The van der Waals surface area contributed by atoms with E-state index in [4.69, 9.17) is 23.0 Å². The lowest BCUT2D eigenvalue weighted by Crippen LogP contribution is -2.30. The Labute approximate surface area is 203 Å². The summed E-state index contributed by atoms with van der Waals surface area (Å²) in [6.45, 7) is 12.9. The van der Waals surface area contributed by atoms with Gasteiger partial charge in [-0.1, -0.05) is 30.8 Å². The zero-order chi connectivity index (χ0) is 24.8. The number of aromatic nitrogens is 1. The highest BCUT2D eigenvalue weighted by atomic mass is 32.2. The van der Waals surface area contributed by atoms with Crippen LogP contribution in [0.5, 0.6) is 0 Å². The quantitative estimate of drug-likeness (QED) is 0.462. The van der Waals surface area contributed by atoms with Crippen LogP contribution < -0.4 is 16.4 Å². The molecule has 0 radical (unpaired) electrons. The number of carbonyl (C=O) groups is 2. The van der Waals surface area contributed by atoms with Gasteiger partial charge in [-0.15, -0.1) is 0 Å². The summed E-state index contributed by atoms with van der Waals surface area (Å²) in [5.41, 5.74) is 13.2. The van der Waals surface area contributed by atoms with Gasteiger partial charge in [-0.3, -0.25) is 9.59 Å². The first-order valence-electron chi connectivity index (χ1n) is 10.9. The Morgan fingerprint density at radius 2 is 1.94 bits per heavy atom. The van der Waals surface area contributed by atoms with E-state index in [0.29, 0.717) is 46.2 Å². The predicted molar refractivity (Wildman–Crippen MR) is 132 cm³/mol. The summed E-state index contributed by atoms with van der Waals surface area (Å²) in [4.78, 5) is 36.6. The van der Waals surface area contributed by atoms with Crippen molar-refractivity contribution in [2.24, 2.45) is 11.5 Å². The van der Waals surface area contributed by atoms with Gasteiger partial charge in [-0.2, -0.15) is 5.26 Å². The molecule has 0 bridgehead atoms. The van der Waals surface area contributed by atoms with E-state index in [2.05, 4.69) is 27.8 Å². The number of pyridine rings is 1. The van der Waals surface area contributed by atoms with Crippen LogP contribution in [0.25, 0.3) is 4.85 Å². The van der Waals surface area contributed by atoms with Crippen molar-refractivity contribution in [1.82, 2.24) is 9.88 Å². The Kier molecular flexibility index (Phi) is 8.11. The van der Waals surface area contributed by atoms with Crippen LogP contribution in [0, 0.1) is 17.9 Å². The molecule has 2 amide bonds. The van der Waals surface area contributed by atoms with Crippen molar-refractivity contribution in [2.75, 3.05) is 38.1 Å². The molecule has 2 heterocycles. The maximum Gasteiger partial charge on any atom is 0.248 e. The number of benzene rings is 1. The highest BCUT2D eigenvalue weighted by Gasteiger charge is 2.28. The van der Waals surface area contributed by atoms with E-state index in [-0.39, 0.29) is 5.56 Å². The van der Waals surface area contributed by atoms with E-state index in [9.17, 15) is 14.9 Å². The third kappa shape index (κ3) is 5.30. The van der Waals surface area contributed by atoms with Gasteiger partial charge in [0, 0.05) is 25.2 Å². The SMILES string of the molecule is [C-]#[N+]c1c(N2CCCN(C)CC2)nc(SC(C(N)=O)c2ccc(C(N)=O)cc2)c(C#N)c1CC. The number of nitrogens with zero attached hydrogens (tertiary/aromatic N) is 5. The zero-order valence-corrected chi connectivity index (χ0v) is 20.1. The average Bonchev–Trinajstić information content (AvgIpc) is 3.05. The number of hydrogen-bond donors (Lipinski definition) is 2. The summed E-state index contributed by atoms with van der Waals surface area (Å²) >= 11 is 1.08. The van der Waals surface area contributed by atoms with Gasteiger partial charge in [0.1, 0.15) is 22.2 Å². The topological polar surface area (TPSA) is 134 Å². The van der Waals surface area contributed by atoms with Crippen molar-refractivity contribution in [2.45, 2.75) is 30.0 Å². The van der Waals surface area contributed by atoms with Crippen molar-refractivity contribution in [3.8, 4) is 6.07 Å². The van der Waals surface area contributed by atoms with Gasteiger partial charge in [0.05, 0.1) is 12.1 Å². The molecule has 0 saturated carbocycles. The number of nitriles is 1. The van der Waals surface area contributed by atoms with Gasteiger partial charge in [-0.05, 0) is 49.7 Å². The molecule has 1 aliphatic rings. The summed E-state index contributed by atoms with van der Waals surface area (Å²) < 4.78 is 0. The lowest BCUT2D eigenvalue weighted by atomic mass is 10.1. The second-order valence-electron chi connectivity index (χ2n) is 8.05. The van der Waals surface area contributed by atoms with E-state index in [1.54, 1.807) is 12.1 Å². The minimum atomic E-state index is -0.840. The Morgan fingerprint density at radius 1 is 1.24 bits per heavy atom. The van der Waals surface area contributed by atoms with E-state index < -0.39 is 17.1 Å². The number of likely N-dealkylation sites (N-methyl/N-ethyl adjacent to an activating group) is 1. The fourth-order valence-electron chi connectivity index (χ4n) is 3.95. The van der Waals surface area contributed by atoms with Gasteiger partial charge in [0.2, 0.25) is 17.5 Å². The molecule has 34 heavy (non-hydrogen) atoms. The number of rotatable bonds is 7. The van der Waals surface area contributed by atoms with Gasteiger partial charge < -0.3 is 21.3 Å². The van der Waals surface area contributed by atoms with Crippen molar-refractivity contribution in [3.63, 3.8) is 0 Å². The maximum atomic E-state index is 12.4. The molecule has 3 rings (SSSR count). The Balaban J connectivity index is 2.10. The average molecular weight is 478 g/mol. The molecule has 1 aromatic heterocycles. The zero-order valence-electron chi connectivity index (χ0n) is 19.2. The third-order valence-electron chi connectivity index (χ3n) is 5.80. The molecule has 1 fully saturated rings. The first kappa shape index (κ1) is 25.0.